The molecule has 11 heteroatoms. The maximum atomic E-state index is 12.5. The summed E-state index contributed by atoms with van der Waals surface area (Å²) in [4.78, 5) is 36.3. The molecule has 0 aliphatic carbocycles. The van der Waals surface area contributed by atoms with Gasteiger partial charge in [0.2, 0.25) is 0 Å². The summed E-state index contributed by atoms with van der Waals surface area (Å²) in [6, 6.07) is 12.9. The van der Waals surface area contributed by atoms with Crippen LogP contribution in [0.1, 0.15) is 27.2 Å². The van der Waals surface area contributed by atoms with E-state index in [2.05, 4.69) is 21.7 Å². The van der Waals surface area contributed by atoms with Gasteiger partial charge in [0.1, 0.15) is 5.69 Å². The molecule has 2 heterocycles. The minimum atomic E-state index is -5.08. The predicted molar refractivity (Wildman–Crippen MR) is 116 cm³/mol. The lowest BCUT2D eigenvalue weighted by atomic mass is 9.95. The Morgan fingerprint density at radius 1 is 1.15 bits per heavy atom. The first-order valence-corrected chi connectivity index (χ1v) is 10.2. The average Bonchev–Trinajstić information content (AvgIpc) is 2.77. The topological polar surface area (TPSA) is 111 Å². The van der Waals surface area contributed by atoms with Crippen LogP contribution < -0.4 is 16.2 Å². The molecule has 0 radical (unpaired) electrons. The van der Waals surface area contributed by atoms with Crippen LogP contribution in [-0.2, 0) is 24.3 Å². The second-order valence-electron chi connectivity index (χ2n) is 7.21. The SMILES string of the molecule is O=C(NCc1cccc2c1CCNC2)c1cc2ccc(Cl)cc2c(=O)[nH]1.O=C(O)C(F)(F)F. The highest BCUT2D eigenvalue weighted by atomic mass is 35.5. The lowest BCUT2D eigenvalue weighted by molar-refractivity contribution is -0.192. The maximum Gasteiger partial charge on any atom is 0.490 e. The van der Waals surface area contributed by atoms with Gasteiger partial charge in [-0.3, -0.25) is 9.59 Å². The smallest absolute Gasteiger partial charge is 0.475 e. The molecule has 1 aliphatic heterocycles. The first-order valence-electron chi connectivity index (χ1n) is 9.77. The zero-order chi connectivity index (χ0) is 24.2. The number of hydrogen-bond acceptors (Lipinski definition) is 4. The van der Waals surface area contributed by atoms with E-state index < -0.39 is 12.1 Å². The number of carboxylic acids is 1. The van der Waals surface area contributed by atoms with E-state index in [9.17, 15) is 22.8 Å². The van der Waals surface area contributed by atoms with E-state index in [1.165, 1.54) is 11.1 Å². The van der Waals surface area contributed by atoms with Gasteiger partial charge in [0.15, 0.2) is 0 Å². The van der Waals surface area contributed by atoms with Gasteiger partial charge >= 0.3 is 12.1 Å². The van der Waals surface area contributed by atoms with Crippen LogP contribution in [0.5, 0.6) is 0 Å². The average molecular weight is 482 g/mol. The number of pyridine rings is 1. The second kappa shape index (κ2) is 10.1. The van der Waals surface area contributed by atoms with Gasteiger partial charge in [-0.1, -0.05) is 35.9 Å². The fraction of sp³-hybridized carbons (Fsp3) is 0.227. The van der Waals surface area contributed by atoms with Gasteiger partial charge in [0.05, 0.1) is 0 Å². The number of alkyl halides is 3. The Hall–Kier alpha value is -3.37. The Morgan fingerprint density at radius 3 is 2.58 bits per heavy atom. The molecule has 0 atom stereocenters. The van der Waals surface area contributed by atoms with Crippen LogP contribution in [0.4, 0.5) is 13.2 Å². The first kappa shape index (κ1) is 24.3. The molecule has 7 nitrogen and oxygen atoms in total. The monoisotopic (exact) mass is 481 g/mol. The zero-order valence-electron chi connectivity index (χ0n) is 17.1. The van der Waals surface area contributed by atoms with Crippen molar-refractivity contribution in [1.82, 2.24) is 15.6 Å². The van der Waals surface area contributed by atoms with Gasteiger partial charge in [0, 0.05) is 23.5 Å². The van der Waals surface area contributed by atoms with Crippen LogP contribution >= 0.6 is 11.6 Å². The van der Waals surface area contributed by atoms with E-state index in [0.717, 1.165) is 25.1 Å². The predicted octanol–water partition coefficient (Wildman–Crippen LogP) is 3.39. The third-order valence-corrected chi connectivity index (χ3v) is 5.21. The number of benzene rings is 2. The Labute approximate surface area is 190 Å². The highest BCUT2D eigenvalue weighted by molar-refractivity contribution is 6.31. The summed E-state index contributed by atoms with van der Waals surface area (Å²) in [5.41, 5.74) is 3.62. The van der Waals surface area contributed by atoms with Crippen LogP contribution in [0.2, 0.25) is 5.02 Å². The molecular formula is C22H19ClF3N3O4. The molecule has 1 aliphatic rings. The highest BCUT2D eigenvalue weighted by Crippen LogP contribution is 2.19. The third-order valence-electron chi connectivity index (χ3n) is 4.97. The minimum absolute atomic E-state index is 0.247. The second-order valence-corrected chi connectivity index (χ2v) is 7.65. The van der Waals surface area contributed by atoms with E-state index in [-0.39, 0.29) is 17.2 Å². The molecule has 174 valence electrons. The third kappa shape index (κ3) is 6.11. The summed E-state index contributed by atoms with van der Waals surface area (Å²) < 4.78 is 31.7. The highest BCUT2D eigenvalue weighted by Gasteiger charge is 2.38. The van der Waals surface area contributed by atoms with Crippen molar-refractivity contribution in [2.24, 2.45) is 0 Å². The van der Waals surface area contributed by atoms with Gasteiger partial charge in [-0.25, -0.2) is 4.79 Å². The number of halogens is 4. The number of aromatic amines is 1. The number of H-pyrrole nitrogens is 1. The molecule has 0 fully saturated rings. The number of hydrogen-bond donors (Lipinski definition) is 4. The maximum absolute atomic E-state index is 12.5. The number of amides is 1. The summed E-state index contributed by atoms with van der Waals surface area (Å²) >= 11 is 5.93. The largest absolute Gasteiger partial charge is 0.490 e. The van der Waals surface area contributed by atoms with Crippen molar-refractivity contribution < 1.29 is 27.9 Å². The molecule has 0 spiro atoms. The van der Waals surface area contributed by atoms with Crippen LogP contribution in [0, 0.1) is 0 Å². The zero-order valence-corrected chi connectivity index (χ0v) is 17.8. The van der Waals surface area contributed by atoms with E-state index >= 15 is 0 Å². The Bertz CT molecular complexity index is 1260. The summed E-state index contributed by atoms with van der Waals surface area (Å²) in [6.45, 7) is 2.23. The van der Waals surface area contributed by atoms with Crippen molar-refractivity contribution in [1.29, 1.82) is 0 Å². The molecular weight excluding hydrogens is 463 g/mol. The number of aliphatic carboxylic acids is 1. The molecule has 0 saturated heterocycles. The number of aromatic nitrogens is 1. The Kier molecular flexibility index (Phi) is 7.39. The van der Waals surface area contributed by atoms with E-state index in [4.69, 9.17) is 21.5 Å². The molecule has 2 aromatic carbocycles. The standard InChI is InChI=1S/C20H18ClN3O2.C2HF3O2/c21-15-5-4-12-8-18(24-19(25)17(12)9-15)20(26)23-11-14-3-1-2-13-10-22-7-6-16(13)14;3-2(4,5)1(6)7/h1-5,8-9,22H,6-7,10-11H2,(H,23,26)(H,24,25);(H,6,7). The molecule has 0 bridgehead atoms. The summed E-state index contributed by atoms with van der Waals surface area (Å²) in [7, 11) is 0. The number of carbonyl (C=O) groups is 2. The molecule has 4 N–H and O–H groups in total. The number of fused-ring (bicyclic) bond motifs is 2. The van der Waals surface area contributed by atoms with Crippen molar-refractivity contribution >= 4 is 34.2 Å². The first-order chi connectivity index (χ1) is 15.6. The molecule has 0 saturated carbocycles. The fourth-order valence-corrected chi connectivity index (χ4v) is 3.57. The quantitative estimate of drug-likeness (QED) is 0.458. The normalized spacial score (nSPS) is 13.0. The van der Waals surface area contributed by atoms with Gasteiger partial charge < -0.3 is 20.7 Å². The summed E-state index contributed by atoms with van der Waals surface area (Å²) in [6.07, 6.45) is -4.13. The fourth-order valence-electron chi connectivity index (χ4n) is 3.40. The number of rotatable bonds is 3. The lowest BCUT2D eigenvalue weighted by Gasteiger charge is -2.20. The van der Waals surface area contributed by atoms with Crippen LogP contribution in [-0.4, -0.2) is 34.7 Å². The number of carboxylic acid groups (broad SMARTS) is 1. The van der Waals surface area contributed by atoms with Gasteiger partial charge in [-0.2, -0.15) is 13.2 Å². The Balaban J connectivity index is 0.000000383. The summed E-state index contributed by atoms with van der Waals surface area (Å²) in [5, 5.41) is 15.0. The van der Waals surface area contributed by atoms with Crippen LogP contribution in [0.3, 0.4) is 0 Å². The molecule has 4 rings (SSSR count). The van der Waals surface area contributed by atoms with Crippen molar-refractivity contribution in [3.63, 3.8) is 0 Å². The summed E-state index contributed by atoms with van der Waals surface area (Å²) in [5.74, 6) is -3.06. The Morgan fingerprint density at radius 2 is 1.88 bits per heavy atom. The van der Waals surface area contributed by atoms with Crippen molar-refractivity contribution in [2.75, 3.05) is 6.54 Å². The molecule has 3 aromatic rings. The molecule has 1 amide bonds. The van der Waals surface area contributed by atoms with Crippen molar-refractivity contribution in [2.45, 2.75) is 25.7 Å². The lowest BCUT2D eigenvalue weighted by Crippen LogP contribution is -2.29. The van der Waals surface area contributed by atoms with Gasteiger partial charge in [-0.05, 0) is 53.2 Å². The van der Waals surface area contributed by atoms with Crippen molar-refractivity contribution in [3.05, 3.63) is 80.2 Å². The minimum Gasteiger partial charge on any atom is -0.475 e. The number of nitrogens with one attached hydrogen (secondary N) is 3. The van der Waals surface area contributed by atoms with Crippen LogP contribution in [0.25, 0.3) is 10.8 Å². The van der Waals surface area contributed by atoms with E-state index in [1.807, 2.05) is 12.1 Å². The number of carbonyl (C=O) groups excluding carboxylic acids is 1. The van der Waals surface area contributed by atoms with Gasteiger partial charge in [-0.15, -0.1) is 0 Å². The van der Waals surface area contributed by atoms with Gasteiger partial charge in [0.25, 0.3) is 11.5 Å². The van der Waals surface area contributed by atoms with Crippen LogP contribution in [0.15, 0.2) is 47.3 Å². The molecule has 0 unspecified atom stereocenters. The molecule has 33 heavy (non-hydrogen) atoms. The van der Waals surface area contributed by atoms with Crippen molar-refractivity contribution in [3.8, 4) is 0 Å². The molecule has 1 aromatic heterocycles. The van der Waals surface area contributed by atoms with E-state index in [0.29, 0.717) is 22.3 Å². The van der Waals surface area contributed by atoms with E-state index in [1.54, 1.807) is 24.3 Å².